The van der Waals surface area contributed by atoms with Gasteiger partial charge in [0.15, 0.2) is 0 Å². The number of carboxylic acid groups (broad SMARTS) is 1. The fourth-order valence-electron chi connectivity index (χ4n) is 4.54. The summed E-state index contributed by atoms with van der Waals surface area (Å²) in [6, 6.07) is 6.17. The molecule has 1 fully saturated rings. The second kappa shape index (κ2) is 7.29. The minimum absolute atomic E-state index is 0.0232. The molecular formula is C22H26N2O3. The lowest BCUT2D eigenvalue weighted by molar-refractivity contribution is -0.142. The van der Waals surface area contributed by atoms with Crippen LogP contribution >= 0.6 is 0 Å². The first-order chi connectivity index (χ1) is 13.0. The minimum atomic E-state index is -0.718. The monoisotopic (exact) mass is 366 g/mol. The highest BCUT2D eigenvalue weighted by Crippen LogP contribution is 2.31. The first-order valence-corrected chi connectivity index (χ1v) is 9.98. The Balaban J connectivity index is 1.65. The maximum Gasteiger partial charge on any atom is 0.306 e. The van der Waals surface area contributed by atoms with Gasteiger partial charge in [-0.15, -0.1) is 0 Å². The number of benzene rings is 1. The normalized spacial score (nSPS) is 22.3. The standard InChI is InChI=1S/C22H26N2O3/c1-13-6-11-19-17(12-13)20(16-4-2-3-5-18(16)24-19)21(25)23-15-9-7-14(8-10-15)22(26)27/h6,11-12,14-15H,2-5,7-10H2,1H3,(H,23,25)(H,26,27). The third kappa shape index (κ3) is 3.55. The van der Waals surface area contributed by atoms with Crippen molar-refractivity contribution < 1.29 is 14.7 Å². The number of nitrogens with zero attached hydrogens (tertiary/aromatic N) is 1. The van der Waals surface area contributed by atoms with Gasteiger partial charge in [0.05, 0.1) is 17.0 Å². The molecule has 2 N–H and O–H groups in total. The number of hydrogen-bond donors (Lipinski definition) is 2. The molecule has 0 bridgehead atoms. The number of nitrogens with one attached hydrogen (secondary N) is 1. The summed E-state index contributed by atoms with van der Waals surface area (Å²) in [5.74, 6) is -1.01. The van der Waals surface area contributed by atoms with E-state index in [4.69, 9.17) is 10.1 Å². The number of rotatable bonds is 3. The van der Waals surface area contributed by atoms with Gasteiger partial charge in [0, 0.05) is 17.1 Å². The van der Waals surface area contributed by atoms with E-state index in [1.807, 2.05) is 19.1 Å². The van der Waals surface area contributed by atoms with Gasteiger partial charge in [-0.2, -0.15) is 0 Å². The van der Waals surface area contributed by atoms with E-state index in [0.29, 0.717) is 12.8 Å². The van der Waals surface area contributed by atoms with Crippen LogP contribution in [0.3, 0.4) is 0 Å². The molecule has 2 aliphatic rings. The third-order valence-electron chi connectivity index (χ3n) is 6.06. The summed E-state index contributed by atoms with van der Waals surface area (Å²) >= 11 is 0. The van der Waals surface area contributed by atoms with E-state index in [1.165, 1.54) is 0 Å². The van der Waals surface area contributed by atoms with Gasteiger partial charge >= 0.3 is 5.97 Å². The van der Waals surface area contributed by atoms with E-state index in [9.17, 15) is 9.59 Å². The van der Waals surface area contributed by atoms with Crippen molar-refractivity contribution in [1.82, 2.24) is 10.3 Å². The number of carbonyl (C=O) groups excluding carboxylic acids is 1. The van der Waals surface area contributed by atoms with Crippen LogP contribution in [0.2, 0.25) is 0 Å². The zero-order valence-corrected chi connectivity index (χ0v) is 15.8. The predicted molar refractivity (Wildman–Crippen MR) is 104 cm³/mol. The molecular weight excluding hydrogens is 340 g/mol. The largest absolute Gasteiger partial charge is 0.481 e. The number of amides is 1. The number of carbonyl (C=O) groups is 2. The van der Waals surface area contributed by atoms with Gasteiger partial charge in [0.25, 0.3) is 5.91 Å². The van der Waals surface area contributed by atoms with Crippen molar-refractivity contribution >= 4 is 22.8 Å². The molecule has 0 radical (unpaired) electrons. The molecule has 0 atom stereocenters. The number of aromatic nitrogens is 1. The topological polar surface area (TPSA) is 79.3 Å². The van der Waals surface area contributed by atoms with Crippen LogP contribution < -0.4 is 5.32 Å². The van der Waals surface area contributed by atoms with Crippen molar-refractivity contribution in [2.45, 2.75) is 64.3 Å². The summed E-state index contributed by atoms with van der Waals surface area (Å²) in [7, 11) is 0. The Bertz CT molecular complexity index is 898. The van der Waals surface area contributed by atoms with Crippen LogP contribution in [0.5, 0.6) is 0 Å². The Hall–Kier alpha value is -2.43. The number of hydrogen-bond acceptors (Lipinski definition) is 3. The van der Waals surface area contributed by atoms with Crippen molar-refractivity contribution in [2.24, 2.45) is 5.92 Å². The second-order valence-electron chi connectivity index (χ2n) is 8.00. The molecule has 1 saturated carbocycles. The number of fused-ring (bicyclic) bond motifs is 2. The number of aryl methyl sites for hydroxylation is 2. The highest BCUT2D eigenvalue weighted by atomic mass is 16.4. The van der Waals surface area contributed by atoms with Gasteiger partial charge in [-0.05, 0) is 76.0 Å². The highest BCUT2D eigenvalue weighted by Gasteiger charge is 2.29. The van der Waals surface area contributed by atoms with Gasteiger partial charge in [-0.25, -0.2) is 0 Å². The molecule has 2 aliphatic carbocycles. The molecule has 0 spiro atoms. The van der Waals surface area contributed by atoms with Crippen LogP contribution in [0, 0.1) is 12.8 Å². The molecule has 0 saturated heterocycles. The summed E-state index contributed by atoms with van der Waals surface area (Å²) in [6.07, 6.45) is 6.78. The average Bonchev–Trinajstić information content (AvgIpc) is 2.66. The fraction of sp³-hybridized carbons (Fsp3) is 0.500. The predicted octanol–water partition coefficient (Wildman–Crippen LogP) is 3.80. The van der Waals surface area contributed by atoms with E-state index in [1.54, 1.807) is 0 Å². The molecule has 4 rings (SSSR count). The fourth-order valence-corrected chi connectivity index (χ4v) is 4.54. The van der Waals surface area contributed by atoms with Crippen LogP contribution in [0.4, 0.5) is 0 Å². The smallest absolute Gasteiger partial charge is 0.306 e. The Morgan fingerprint density at radius 3 is 2.59 bits per heavy atom. The Kier molecular flexibility index (Phi) is 4.85. The van der Waals surface area contributed by atoms with Crippen LogP contribution in [-0.2, 0) is 17.6 Å². The lowest BCUT2D eigenvalue weighted by atomic mass is 9.85. The Morgan fingerprint density at radius 1 is 1.11 bits per heavy atom. The van der Waals surface area contributed by atoms with E-state index < -0.39 is 5.97 Å². The molecule has 0 unspecified atom stereocenters. The van der Waals surface area contributed by atoms with Crippen molar-refractivity contribution in [2.75, 3.05) is 0 Å². The van der Waals surface area contributed by atoms with Crippen LogP contribution in [0.25, 0.3) is 10.9 Å². The maximum atomic E-state index is 13.3. The summed E-state index contributed by atoms with van der Waals surface area (Å²) in [5, 5.41) is 13.3. The van der Waals surface area contributed by atoms with E-state index in [2.05, 4.69) is 11.4 Å². The zero-order chi connectivity index (χ0) is 19.0. The summed E-state index contributed by atoms with van der Waals surface area (Å²) in [5.41, 5.74) is 4.98. The van der Waals surface area contributed by atoms with E-state index in [-0.39, 0.29) is 17.9 Å². The lowest BCUT2D eigenvalue weighted by Crippen LogP contribution is -2.39. The van der Waals surface area contributed by atoms with Gasteiger partial charge < -0.3 is 10.4 Å². The summed E-state index contributed by atoms with van der Waals surface area (Å²) in [4.78, 5) is 29.3. The molecule has 5 nitrogen and oxygen atoms in total. The molecule has 1 heterocycles. The van der Waals surface area contributed by atoms with E-state index in [0.717, 1.165) is 71.8 Å². The van der Waals surface area contributed by atoms with Crippen molar-refractivity contribution in [1.29, 1.82) is 0 Å². The van der Waals surface area contributed by atoms with Crippen LogP contribution in [0.1, 0.15) is 65.7 Å². The molecule has 0 aliphatic heterocycles. The van der Waals surface area contributed by atoms with Gasteiger partial charge in [0.2, 0.25) is 0 Å². The zero-order valence-electron chi connectivity index (χ0n) is 15.8. The second-order valence-corrected chi connectivity index (χ2v) is 8.00. The van der Waals surface area contributed by atoms with Crippen molar-refractivity contribution in [3.8, 4) is 0 Å². The number of pyridine rings is 1. The first-order valence-electron chi connectivity index (χ1n) is 9.98. The highest BCUT2D eigenvalue weighted by molar-refractivity contribution is 6.08. The molecule has 27 heavy (non-hydrogen) atoms. The maximum absolute atomic E-state index is 13.3. The Labute approximate surface area is 159 Å². The van der Waals surface area contributed by atoms with Crippen molar-refractivity contribution in [3.05, 3.63) is 40.6 Å². The Morgan fingerprint density at radius 2 is 1.85 bits per heavy atom. The molecule has 1 amide bonds. The van der Waals surface area contributed by atoms with Crippen molar-refractivity contribution in [3.63, 3.8) is 0 Å². The third-order valence-corrected chi connectivity index (χ3v) is 6.06. The molecule has 1 aromatic carbocycles. The van der Waals surface area contributed by atoms with Gasteiger partial charge in [-0.3, -0.25) is 14.6 Å². The summed E-state index contributed by atoms with van der Waals surface area (Å²) in [6.45, 7) is 2.04. The average molecular weight is 366 g/mol. The van der Waals surface area contributed by atoms with Gasteiger partial charge in [-0.1, -0.05) is 11.6 Å². The minimum Gasteiger partial charge on any atom is -0.481 e. The first kappa shape index (κ1) is 18.0. The van der Waals surface area contributed by atoms with Gasteiger partial charge in [0.1, 0.15) is 0 Å². The molecule has 142 valence electrons. The number of aliphatic carboxylic acids is 1. The molecule has 2 aromatic rings. The van der Waals surface area contributed by atoms with Crippen LogP contribution in [0.15, 0.2) is 18.2 Å². The molecule has 1 aromatic heterocycles. The summed E-state index contributed by atoms with van der Waals surface area (Å²) < 4.78 is 0. The lowest BCUT2D eigenvalue weighted by Gasteiger charge is -2.28. The van der Waals surface area contributed by atoms with Crippen LogP contribution in [-0.4, -0.2) is 28.0 Å². The number of carboxylic acids is 1. The molecule has 5 heteroatoms. The SMILES string of the molecule is Cc1ccc2nc3c(c(C(=O)NC4CCC(C(=O)O)CC4)c2c1)CCCC3. The van der Waals surface area contributed by atoms with E-state index >= 15 is 0 Å². The quantitative estimate of drug-likeness (QED) is 0.866.